The molecule has 0 unspecified atom stereocenters. The summed E-state index contributed by atoms with van der Waals surface area (Å²) in [5, 5.41) is 3.48. The first kappa shape index (κ1) is 16.0. The van der Waals surface area contributed by atoms with Gasteiger partial charge in [-0.1, -0.05) is 27.2 Å². The van der Waals surface area contributed by atoms with Crippen LogP contribution in [0.2, 0.25) is 0 Å². The van der Waals surface area contributed by atoms with Crippen LogP contribution >= 0.6 is 0 Å². The van der Waals surface area contributed by atoms with Gasteiger partial charge in [-0.3, -0.25) is 0 Å². The molecule has 0 aliphatic heterocycles. The second-order valence-electron chi connectivity index (χ2n) is 6.26. The van der Waals surface area contributed by atoms with E-state index in [1.165, 1.54) is 71.1 Å². The second-order valence-corrected chi connectivity index (χ2v) is 6.26. The van der Waals surface area contributed by atoms with Gasteiger partial charge in [-0.2, -0.15) is 0 Å². The van der Waals surface area contributed by atoms with E-state index in [2.05, 4.69) is 31.0 Å². The van der Waals surface area contributed by atoms with Crippen LogP contribution in [0.3, 0.4) is 0 Å². The Morgan fingerprint density at radius 1 is 1.06 bits per heavy atom. The van der Waals surface area contributed by atoms with Crippen molar-refractivity contribution in [2.75, 3.05) is 26.2 Å². The molecule has 1 saturated carbocycles. The molecule has 0 radical (unpaired) electrons. The molecule has 0 bridgehead atoms. The molecule has 0 spiro atoms. The highest BCUT2D eigenvalue weighted by Gasteiger charge is 2.27. The highest BCUT2D eigenvalue weighted by atomic mass is 15.2. The van der Waals surface area contributed by atoms with Gasteiger partial charge in [0.05, 0.1) is 0 Å². The van der Waals surface area contributed by atoms with E-state index in [0.29, 0.717) is 0 Å². The molecule has 0 aromatic heterocycles. The molecular formula is C16H34N2. The topological polar surface area (TPSA) is 15.3 Å². The van der Waals surface area contributed by atoms with Gasteiger partial charge in [-0.05, 0) is 70.6 Å². The van der Waals surface area contributed by atoms with Crippen molar-refractivity contribution in [1.82, 2.24) is 10.2 Å². The molecule has 1 aliphatic rings. The van der Waals surface area contributed by atoms with Gasteiger partial charge >= 0.3 is 0 Å². The van der Waals surface area contributed by atoms with Gasteiger partial charge in [0.1, 0.15) is 0 Å². The SMILES string of the molecule is CCCNCCCCCN(CCC(C)C)C1CC1. The van der Waals surface area contributed by atoms with Crippen LogP contribution in [0.5, 0.6) is 0 Å². The average Bonchev–Trinajstić information content (AvgIpc) is 3.15. The molecule has 1 N–H and O–H groups in total. The molecule has 0 aromatic rings. The third kappa shape index (κ3) is 8.10. The first-order chi connectivity index (χ1) is 8.74. The first-order valence-electron chi connectivity index (χ1n) is 8.18. The zero-order chi connectivity index (χ0) is 13.2. The van der Waals surface area contributed by atoms with Crippen molar-refractivity contribution in [1.29, 1.82) is 0 Å². The summed E-state index contributed by atoms with van der Waals surface area (Å²) in [6, 6.07) is 0.946. The largest absolute Gasteiger partial charge is 0.317 e. The van der Waals surface area contributed by atoms with E-state index >= 15 is 0 Å². The van der Waals surface area contributed by atoms with Crippen molar-refractivity contribution in [3.63, 3.8) is 0 Å². The molecule has 2 heteroatoms. The van der Waals surface area contributed by atoms with Crippen LogP contribution in [0.4, 0.5) is 0 Å². The van der Waals surface area contributed by atoms with Gasteiger partial charge in [-0.15, -0.1) is 0 Å². The summed E-state index contributed by atoms with van der Waals surface area (Å²) in [6.07, 6.45) is 9.66. The maximum atomic E-state index is 3.48. The minimum atomic E-state index is 0.851. The number of hydrogen-bond donors (Lipinski definition) is 1. The summed E-state index contributed by atoms with van der Waals surface area (Å²) in [4.78, 5) is 2.75. The monoisotopic (exact) mass is 254 g/mol. The van der Waals surface area contributed by atoms with Crippen LogP contribution in [-0.2, 0) is 0 Å². The molecule has 1 aliphatic carbocycles. The van der Waals surface area contributed by atoms with E-state index in [-0.39, 0.29) is 0 Å². The van der Waals surface area contributed by atoms with Crippen molar-refractivity contribution in [3.05, 3.63) is 0 Å². The lowest BCUT2D eigenvalue weighted by Gasteiger charge is -2.22. The number of hydrogen-bond acceptors (Lipinski definition) is 2. The van der Waals surface area contributed by atoms with Crippen LogP contribution in [0.15, 0.2) is 0 Å². The average molecular weight is 254 g/mol. The summed E-state index contributed by atoms with van der Waals surface area (Å²) in [5.41, 5.74) is 0. The van der Waals surface area contributed by atoms with E-state index in [9.17, 15) is 0 Å². The van der Waals surface area contributed by atoms with E-state index < -0.39 is 0 Å². The molecule has 18 heavy (non-hydrogen) atoms. The molecule has 2 nitrogen and oxygen atoms in total. The summed E-state index contributed by atoms with van der Waals surface area (Å²) in [7, 11) is 0. The normalized spacial score (nSPS) is 15.8. The Balaban J connectivity index is 1.96. The van der Waals surface area contributed by atoms with E-state index in [1.54, 1.807) is 0 Å². The van der Waals surface area contributed by atoms with Crippen molar-refractivity contribution in [3.8, 4) is 0 Å². The van der Waals surface area contributed by atoms with Crippen LogP contribution in [0.25, 0.3) is 0 Å². The summed E-state index contributed by atoms with van der Waals surface area (Å²) >= 11 is 0. The maximum absolute atomic E-state index is 3.48. The standard InChI is InChI=1S/C16H34N2/c1-4-11-17-12-6-5-7-13-18(16-8-9-16)14-10-15(2)3/h15-17H,4-14H2,1-3H3. The van der Waals surface area contributed by atoms with Gasteiger partial charge in [-0.25, -0.2) is 0 Å². The Hall–Kier alpha value is -0.0800. The first-order valence-corrected chi connectivity index (χ1v) is 8.18. The van der Waals surface area contributed by atoms with E-state index in [0.717, 1.165) is 12.0 Å². The zero-order valence-corrected chi connectivity index (χ0v) is 12.9. The summed E-state index contributed by atoms with van der Waals surface area (Å²) in [6.45, 7) is 12.0. The van der Waals surface area contributed by atoms with Crippen LogP contribution < -0.4 is 5.32 Å². The maximum Gasteiger partial charge on any atom is 0.00964 e. The van der Waals surface area contributed by atoms with Crippen molar-refractivity contribution in [2.45, 2.75) is 71.8 Å². The van der Waals surface area contributed by atoms with Crippen LogP contribution in [0, 0.1) is 5.92 Å². The van der Waals surface area contributed by atoms with Crippen molar-refractivity contribution in [2.24, 2.45) is 5.92 Å². The molecule has 0 saturated heterocycles. The zero-order valence-electron chi connectivity index (χ0n) is 12.9. The van der Waals surface area contributed by atoms with Gasteiger partial charge in [0.15, 0.2) is 0 Å². The molecule has 0 aromatic carbocycles. The van der Waals surface area contributed by atoms with E-state index in [4.69, 9.17) is 0 Å². The minimum Gasteiger partial charge on any atom is -0.317 e. The fourth-order valence-corrected chi connectivity index (χ4v) is 2.38. The van der Waals surface area contributed by atoms with Crippen molar-refractivity contribution >= 4 is 0 Å². The molecular weight excluding hydrogens is 220 g/mol. The molecule has 0 amide bonds. The van der Waals surface area contributed by atoms with E-state index in [1.807, 2.05) is 0 Å². The van der Waals surface area contributed by atoms with Crippen LogP contribution in [-0.4, -0.2) is 37.1 Å². The Kier molecular flexibility index (Phi) is 8.70. The highest BCUT2D eigenvalue weighted by Crippen LogP contribution is 2.27. The fraction of sp³-hybridized carbons (Fsp3) is 1.00. The Morgan fingerprint density at radius 2 is 1.83 bits per heavy atom. The smallest absolute Gasteiger partial charge is 0.00964 e. The Bertz CT molecular complexity index is 188. The predicted octanol–water partition coefficient (Wildman–Crippen LogP) is 3.67. The third-order valence-electron chi connectivity index (χ3n) is 3.78. The number of unbranched alkanes of at least 4 members (excludes halogenated alkanes) is 2. The summed E-state index contributed by atoms with van der Waals surface area (Å²) in [5.74, 6) is 0.851. The molecule has 1 rings (SSSR count). The lowest BCUT2D eigenvalue weighted by molar-refractivity contribution is 0.242. The number of rotatable bonds is 12. The number of nitrogens with zero attached hydrogens (tertiary/aromatic N) is 1. The third-order valence-corrected chi connectivity index (χ3v) is 3.78. The van der Waals surface area contributed by atoms with Crippen molar-refractivity contribution < 1.29 is 0 Å². The van der Waals surface area contributed by atoms with Gasteiger partial charge in [0.25, 0.3) is 0 Å². The molecule has 108 valence electrons. The molecule has 0 atom stereocenters. The molecule has 0 heterocycles. The second kappa shape index (κ2) is 9.80. The minimum absolute atomic E-state index is 0.851. The highest BCUT2D eigenvalue weighted by molar-refractivity contribution is 4.84. The Labute approximate surface area is 115 Å². The fourth-order valence-electron chi connectivity index (χ4n) is 2.38. The quantitative estimate of drug-likeness (QED) is 0.535. The van der Waals surface area contributed by atoms with Crippen LogP contribution in [0.1, 0.15) is 65.7 Å². The lowest BCUT2D eigenvalue weighted by atomic mass is 10.1. The predicted molar refractivity (Wildman–Crippen MR) is 81.1 cm³/mol. The molecule has 1 fully saturated rings. The Morgan fingerprint density at radius 3 is 2.44 bits per heavy atom. The van der Waals surface area contributed by atoms with Gasteiger partial charge in [0, 0.05) is 6.04 Å². The lowest BCUT2D eigenvalue weighted by Crippen LogP contribution is -2.29. The van der Waals surface area contributed by atoms with Gasteiger partial charge < -0.3 is 10.2 Å². The summed E-state index contributed by atoms with van der Waals surface area (Å²) < 4.78 is 0. The number of nitrogens with one attached hydrogen (secondary N) is 1. The van der Waals surface area contributed by atoms with Gasteiger partial charge in [0.2, 0.25) is 0 Å².